The topological polar surface area (TPSA) is 64.3 Å². The minimum absolute atomic E-state index is 0.0549. The number of nitrogen functional groups attached to an aromatic ring is 1. The van der Waals surface area contributed by atoms with E-state index >= 15 is 0 Å². The molecule has 0 bridgehead atoms. The van der Waals surface area contributed by atoms with Crippen LogP contribution in [0.4, 0.5) is 11.4 Å². The Labute approximate surface area is 105 Å². The average molecular weight is 255 g/mol. The van der Waals surface area contributed by atoms with E-state index in [1.54, 1.807) is 18.2 Å². The summed E-state index contributed by atoms with van der Waals surface area (Å²) in [7, 11) is 0. The second-order valence-corrected chi connectivity index (χ2v) is 4.53. The van der Waals surface area contributed by atoms with Crippen molar-refractivity contribution in [2.24, 2.45) is 0 Å². The zero-order chi connectivity index (χ0) is 12.3. The third kappa shape index (κ3) is 3.35. The van der Waals surface area contributed by atoms with Crippen LogP contribution >= 0.6 is 11.6 Å². The van der Waals surface area contributed by atoms with E-state index in [0.29, 0.717) is 22.8 Å². The van der Waals surface area contributed by atoms with E-state index < -0.39 is 0 Å². The maximum absolute atomic E-state index is 11.7. The molecular formula is C12H15ClN2O2. The molecule has 17 heavy (non-hydrogen) atoms. The number of halogens is 1. The number of anilines is 2. The second-order valence-electron chi connectivity index (χ2n) is 4.12. The highest BCUT2D eigenvalue weighted by Crippen LogP contribution is 2.23. The number of rotatable bonds is 3. The minimum Gasteiger partial charge on any atom is -0.398 e. The molecule has 0 saturated carbocycles. The summed E-state index contributed by atoms with van der Waals surface area (Å²) in [5.41, 5.74) is 6.75. The summed E-state index contributed by atoms with van der Waals surface area (Å²) >= 11 is 5.87. The third-order valence-electron chi connectivity index (χ3n) is 2.72. The van der Waals surface area contributed by atoms with Crippen molar-refractivity contribution in [2.45, 2.75) is 25.4 Å². The first-order chi connectivity index (χ1) is 8.15. The molecule has 92 valence electrons. The lowest BCUT2D eigenvalue weighted by atomic mass is 10.1. The summed E-state index contributed by atoms with van der Waals surface area (Å²) in [5.74, 6) is -0.0576. The molecule has 1 atom stereocenters. The number of carbonyl (C=O) groups is 1. The molecule has 5 heteroatoms. The van der Waals surface area contributed by atoms with Crippen molar-refractivity contribution in [2.75, 3.05) is 17.7 Å². The molecule has 0 aliphatic carbocycles. The van der Waals surface area contributed by atoms with Crippen LogP contribution in [0, 0.1) is 0 Å². The smallest absolute Gasteiger partial charge is 0.226 e. The summed E-state index contributed by atoms with van der Waals surface area (Å²) in [6.45, 7) is 0.756. The quantitative estimate of drug-likeness (QED) is 0.815. The third-order valence-corrected chi connectivity index (χ3v) is 3.05. The number of hydrogen-bond acceptors (Lipinski definition) is 3. The normalized spacial score (nSPS) is 19.2. The first-order valence-electron chi connectivity index (χ1n) is 5.61. The van der Waals surface area contributed by atoms with Crippen molar-refractivity contribution in [1.29, 1.82) is 0 Å². The Kier molecular flexibility index (Phi) is 3.86. The maximum atomic E-state index is 11.7. The molecule has 3 N–H and O–H groups in total. The monoisotopic (exact) mass is 254 g/mol. The van der Waals surface area contributed by atoms with Gasteiger partial charge >= 0.3 is 0 Å². The van der Waals surface area contributed by atoms with Gasteiger partial charge in [0.2, 0.25) is 5.91 Å². The molecule has 0 radical (unpaired) electrons. The molecule has 1 fully saturated rings. The lowest BCUT2D eigenvalue weighted by Gasteiger charge is -2.10. The number of nitrogens with two attached hydrogens (primary N) is 1. The van der Waals surface area contributed by atoms with Crippen molar-refractivity contribution in [1.82, 2.24) is 0 Å². The highest BCUT2D eigenvalue weighted by atomic mass is 35.5. The number of carbonyl (C=O) groups excluding carboxylic acids is 1. The number of hydrogen-bond donors (Lipinski definition) is 2. The Bertz CT molecular complexity index is 417. The molecule has 1 amide bonds. The summed E-state index contributed by atoms with van der Waals surface area (Å²) in [5, 5.41) is 3.22. The van der Waals surface area contributed by atoms with Crippen molar-refractivity contribution < 1.29 is 9.53 Å². The lowest BCUT2D eigenvalue weighted by molar-refractivity contribution is -0.118. The average Bonchev–Trinajstić information content (AvgIpc) is 2.76. The number of nitrogens with one attached hydrogen (secondary N) is 1. The van der Waals surface area contributed by atoms with Gasteiger partial charge in [-0.1, -0.05) is 11.6 Å². The molecule has 1 aliphatic heterocycles. The van der Waals surface area contributed by atoms with Crippen molar-refractivity contribution in [3.05, 3.63) is 23.2 Å². The zero-order valence-corrected chi connectivity index (χ0v) is 10.2. The fraction of sp³-hybridized carbons (Fsp3) is 0.417. The van der Waals surface area contributed by atoms with Crippen LogP contribution in [0.25, 0.3) is 0 Å². The summed E-state index contributed by atoms with van der Waals surface area (Å²) in [4.78, 5) is 11.7. The van der Waals surface area contributed by atoms with Gasteiger partial charge in [0.1, 0.15) is 0 Å². The van der Waals surface area contributed by atoms with Crippen LogP contribution < -0.4 is 11.1 Å². The molecule has 2 rings (SSSR count). The number of ether oxygens (including phenoxy) is 1. The van der Waals surface area contributed by atoms with Gasteiger partial charge < -0.3 is 15.8 Å². The first kappa shape index (κ1) is 12.2. The van der Waals surface area contributed by atoms with Crippen LogP contribution in [-0.4, -0.2) is 18.6 Å². The van der Waals surface area contributed by atoms with E-state index in [4.69, 9.17) is 22.1 Å². The SMILES string of the molecule is Nc1ccc(NC(=O)CC2CCCO2)cc1Cl. The minimum atomic E-state index is -0.0576. The van der Waals surface area contributed by atoms with Crippen molar-refractivity contribution in [3.63, 3.8) is 0 Å². The fourth-order valence-corrected chi connectivity index (χ4v) is 2.01. The molecule has 0 aromatic heterocycles. The number of benzene rings is 1. The Hall–Kier alpha value is -1.26. The Morgan fingerprint density at radius 3 is 3.06 bits per heavy atom. The van der Waals surface area contributed by atoms with E-state index in [-0.39, 0.29) is 12.0 Å². The predicted molar refractivity (Wildman–Crippen MR) is 68.1 cm³/mol. The van der Waals surface area contributed by atoms with Gasteiger partial charge in [-0.25, -0.2) is 0 Å². The molecule has 1 saturated heterocycles. The highest BCUT2D eigenvalue weighted by Gasteiger charge is 2.19. The Balaban J connectivity index is 1.90. The largest absolute Gasteiger partial charge is 0.398 e. The first-order valence-corrected chi connectivity index (χ1v) is 5.99. The van der Waals surface area contributed by atoms with E-state index in [2.05, 4.69) is 5.32 Å². The van der Waals surface area contributed by atoms with Gasteiger partial charge in [-0.3, -0.25) is 4.79 Å². The van der Waals surface area contributed by atoms with Crippen molar-refractivity contribution in [3.8, 4) is 0 Å². The van der Waals surface area contributed by atoms with Gasteiger partial charge in [-0.05, 0) is 31.0 Å². The maximum Gasteiger partial charge on any atom is 0.226 e. The van der Waals surface area contributed by atoms with Gasteiger partial charge in [0.05, 0.1) is 23.2 Å². The van der Waals surface area contributed by atoms with E-state index in [0.717, 1.165) is 19.4 Å². The Morgan fingerprint density at radius 2 is 2.41 bits per heavy atom. The van der Waals surface area contributed by atoms with Crippen LogP contribution in [0.3, 0.4) is 0 Å². The van der Waals surface area contributed by atoms with Gasteiger partial charge in [-0.2, -0.15) is 0 Å². The fourth-order valence-electron chi connectivity index (χ4n) is 1.83. The zero-order valence-electron chi connectivity index (χ0n) is 9.41. The van der Waals surface area contributed by atoms with Crippen LogP contribution in [0.5, 0.6) is 0 Å². The molecule has 1 aromatic rings. The van der Waals surface area contributed by atoms with E-state index in [1.807, 2.05) is 0 Å². The van der Waals surface area contributed by atoms with Crippen molar-refractivity contribution >= 4 is 28.9 Å². The van der Waals surface area contributed by atoms with E-state index in [9.17, 15) is 4.79 Å². The molecule has 1 aliphatic rings. The molecule has 0 spiro atoms. The van der Waals surface area contributed by atoms with Gasteiger partial charge in [0, 0.05) is 12.3 Å². The van der Waals surface area contributed by atoms with Gasteiger partial charge in [0.15, 0.2) is 0 Å². The molecule has 4 nitrogen and oxygen atoms in total. The molecular weight excluding hydrogens is 240 g/mol. The molecule has 1 unspecified atom stereocenters. The molecule has 1 aromatic carbocycles. The Morgan fingerprint density at radius 1 is 1.59 bits per heavy atom. The lowest BCUT2D eigenvalue weighted by Crippen LogP contribution is -2.19. The van der Waals surface area contributed by atoms with Crippen LogP contribution in [-0.2, 0) is 9.53 Å². The summed E-state index contributed by atoms with van der Waals surface area (Å²) < 4.78 is 5.40. The highest BCUT2D eigenvalue weighted by molar-refractivity contribution is 6.33. The number of amides is 1. The van der Waals surface area contributed by atoms with E-state index in [1.165, 1.54) is 0 Å². The van der Waals surface area contributed by atoms with Gasteiger partial charge in [0.25, 0.3) is 0 Å². The second kappa shape index (κ2) is 5.38. The van der Waals surface area contributed by atoms with Crippen LogP contribution in [0.15, 0.2) is 18.2 Å². The summed E-state index contributed by atoms with van der Waals surface area (Å²) in [6.07, 6.45) is 2.43. The summed E-state index contributed by atoms with van der Waals surface area (Å²) in [6, 6.07) is 5.04. The van der Waals surface area contributed by atoms with Crippen LogP contribution in [0.2, 0.25) is 5.02 Å². The molecule has 1 heterocycles. The van der Waals surface area contributed by atoms with Gasteiger partial charge in [-0.15, -0.1) is 0 Å². The predicted octanol–water partition coefficient (Wildman–Crippen LogP) is 2.43. The standard InChI is InChI=1S/C12H15ClN2O2/c13-10-6-8(3-4-11(10)14)15-12(16)7-9-2-1-5-17-9/h3-4,6,9H,1-2,5,7,14H2,(H,15,16). The van der Waals surface area contributed by atoms with Crippen LogP contribution in [0.1, 0.15) is 19.3 Å².